The van der Waals surface area contributed by atoms with Gasteiger partial charge in [0.05, 0.1) is 0 Å². The van der Waals surface area contributed by atoms with Crippen LogP contribution in [-0.2, 0) is 9.22 Å². The van der Waals surface area contributed by atoms with Gasteiger partial charge < -0.3 is 4.43 Å². The lowest BCUT2D eigenvalue weighted by Crippen LogP contribution is -2.33. The van der Waals surface area contributed by atoms with Gasteiger partial charge in [-0.25, -0.2) is 0 Å². The summed E-state index contributed by atoms with van der Waals surface area (Å²) in [5.41, 5.74) is 0. The van der Waals surface area contributed by atoms with Crippen LogP contribution in [0.4, 0.5) is 0 Å². The van der Waals surface area contributed by atoms with E-state index < -0.39 is 17.1 Å². The van der Waals surface area contributed by atoms with E-state index in [0.717, 1.165) is 0 Å². The molecule has 0 aliphatic rings. The molecule has 0 rings (SSSR count). The number of carbonyl (C=O) groups excluding carboxylic acids is 1. The Morgan fingerprint density at radius 2 is 1.73 bits per heavy atom. The fourth-order valence-corrected chi connectivity index (χ4v) is 1.43. The number of rotatable bonds is 2. The topological polar surface area (TPSA) is 26.3 Å². The zero-order valence-electron chi connectivity index (χ0n) is 5.83. The van der Waals surface area contributed by atoms with Crippen molar-refractivity contribution in [3.63, 3.8) is 0 Å². The van der Waals surface area contributed by atoms with Crippen molar-refractivity contribution >= 4 is 57.1 Å². The van der Waals surface area contributed by atoms with Gasteiger partial charge in [-0.1, -0.05) is 33.2 Å². The predicted octanol–water partition coefficient (Wildman–Crippen LogP) is 2.70. The first-order valence-corrected chi connectivity index (χ1v) is 7.94. The maximum Gasteiger partial charge on any atom is 0.557 e. The van der Waals surface area contributed by atoms with E-state index in [2.05, 4.69) is 4.43 Å². The fraction of sp³-hybridized carbons (Fsp3) is 0.750. The zero-order chi connectivity index (χ0) is 9.28. The van der Waals surface area contributed by atoms with Gasteiger partial charge in [-0.15, -0.1) is 11.6 Å². The van der Waals surface area contributed by atoms with Gasteiger partial charge in [-0.3, -0.25) is 4.79 Å². The van der Waals surface area contributed by atoms with Crippen molar-refractivity contribution < 1.29 is 9.22 Å². The second-order valence-electron chi connectivity index (χ2n) is 2.31. The van der Waals surface area contributed by atoms with Crippen LogP contribution in [0.1, 0.15) is 13.8 Å². The van der Waals surface area contributed by atoms with Crippen molar-refractivity contribution in [1.82, 2.24) is 0 Å². The largest absolute Gasteiger partial charge is 0.557 e. The molecule has 0 amide bonds. The number of halogens is 4. The quantitative estimate of drug-likeness (QED) is 0.431. The number of carbonyl (C=O) groups is 1. The molecule has 0 saturated heterocycles. The fourth-order valence-electron chi connectivity index (χ4n) is 0.226. The maximum absolute atomic E-state index is 10.9. The molecule has 0 spiro atoms. The van der Waals surface area contributed by atoms with Crippen LogP contribution >= 0.6 is 44.8 Å². The van der Waals surface area contributed by atoms with E-state index in [1.807, 2.05) is 0 Å². The summed E-state index contributed by atoms with van der Waals surface area (Å²) in [4.78, 5) is 9.77. The van der Waals surface area contributed by atoms with Crippen molar-refractivity contribution in [2.75, 3.05) is 0 Å². The minimum absolute atomic E-state index is 0.717. The second kappa shape index (κ2) is 3.71. The molecule has 0 radical (unpaired) electrons. The zero-order valence-corrected chi connectivity index (χ0v) is 9.85. The summed E-state index contributed by atoms with van der Waals surface area (Å²) in [7, 11) is 0. The van der Waals surface area contributed by atoms with Crippen LogP contribution in [0.3, 0.4) is 0 Å². The molecule has 2 nitrogen and oxygen atoms in total. The molecule has 0 aromatic heterocycles. The van der Waals surface area contributed by atoms with Gasteiger partial charge >= 0.3 is 12.2 Å². The van der Waals surface area contributed by atoms with Crippen molar-refractivity contribution in [3.8, 4) is 0 Å². The third kappa shape index (κ3) is 6.05. The smallest absolute Gasteiger partial charge is 0.479 e. The van der Waals surface area contributed by atoms with Crippen molar-refractivity contribution in [2.45, 2.75) is 18.7 Å². The molecule has 0 unspecified atom stereocenters. The Balaban J connectivity index is 4.11. The highest BCUT2D eigenvalue weighted by Gasteiger charge is 2.38. The van der Waals surface area contributed by atoms with Crippen LogP contribution in [0.25, 0.3) is 0 Å². The molecule has 0 aliphatic heterocycles. The van der Waals surface area contributed by atoms with Crippen LogP contribution in [0, 0.1) is 0 Å². The monoisotopic (exact) mass is 254 g/mol. The summed E-state index contributed by atoms with van der Waals surface area (Å²) >= 11 is 21.5. The molecule has 0 aromatic carbocycles. The first-order chi connectivity index (χ1) is 4.63. The van der Waals surface area contributed by atoms with Gasteiger partial charge in [0, 0.05) is 0 Å². The maximum atomic E-state index is 10.9. The average molecular weight is 256 g/mol. The molecule has 7 heteroatoms. The highest BCUT2D eigenvalue weighted by molar-refractivity contribution is 7.62. The Hall–Kier alpha value is 0.847. The van der Waals surface area contributed by atoms with E-state index in [1.165, 1.54) is 13.8 Å². The van der Waals surface area contributed by atoms with E-state index in [1.54, 1.807) is 0 Å². The van der Waals surface area contributed by atoms with E-state index in [0.29, 0.717) is 0 Å². The van der Waals surface area contributed by atoms with Gasteiger partial charge in [-0.2, -0.15) is 0 Å². The summed E-state index contributed by atoms with van der Waals surface area (Å²) in [6.07, 6.45) is -3.35. The summed E-state index contributed by atoms with van der Waals surface area (Å²) in [6.45, 7) is 2.92. The molecule has 0 heterocycles. The molecule has 0 atom stereocenters. The molecule has 0 aliphatic carbocycles. The number of hydrogen-bond donors (Lipinski definition) is 0. The summed E-state index contributed by atoms with van der Waals surface area (Å²) in [5, 5.41) is 0. The van der Waals surface area contributed by atoms with Gasteiger partial charge in [0.2, 0.25) is 0 Å². The summed E-state index contributed by atoms with van der Waals surface area (Å²) in [6, 6.07) is 0. The van der Waals surface area contributed by atoms with Crippen LogP contribution in [0.5, 0.6) is 0 Å². The van der Waals surface area contributed by atoms with Crippen molar-refractivity contribution in [2.24, 2.45) is 0 Å². The Kier molecular flexibility index (Phi) is 3.99. The lowest BCUT2D eigenvalue weighted by Gasteiger charge is -2.17. The average Bonchev–Trinajstić information content (AvgIpc) is 1.56. The lowest BCUT2D eigenvalue weighted by molar-refractivity contribution is -0.136. The standard InChI is InChI=1S/C4H6Cl4O2Si/c1-4(2,5)3(9)10-11(6,7)8/h1-2H3. The molecule has 0 aromatic rings. The highest BCUT2D eigenvalue weighted by Crippen LogP contribution is 2.25. The minimum Gasteiger partial charge on any atom is -0.479 e. The first-order valence-electron chi connectivity index (χ1n) is 2.62. The SMILES string of the molecule is CC(C)(Cl)C(=O)O[Si](Cl)(Cl)Cl. The molecule has 0 fully saturated rings. The third-order valence-electron chi connectivity index (χ3n) is 0.694. The van der Waals surface area contributed by atoms with Gasteiger partial charge in [0.25, 0.3) is 0 Å². The van der Waals surface area contributed by atoms with Crippen LogP contribution in [0.15, 0.2) is 0 Å². The molecular formula is C4H6Cl4O2Si. The van der Waals surface area contributed by atoms with Crippen molar-refractivity contribution in [3.05, 3.63) is 0 Å². The molecule has 66 valence electrons. The Morgan fingerprint density at radius 3 is 1.82 bits per heavy atom. The molecule has 0 N–H and O–H groups in total. The van der Waals surface area contributed by atoms with Crippen LogP contribution in [0.2, 0.25) is 0 Å². The lowest BCUT2D eigenvalue weighted by atomic mass is 10.2. The van der Waals surface area contributed by atoms with E-state index >= 15 is 0 Å². The van der Waals surface area contributed by atoms with Crippen LogP contribution < -0.4 is 0 Å². The molecule has 0 bridgehead atoms. The number of alkyl halides is 1. The molecule has 11 heavy (non-hydrogen) atoms. The normalized spacial score (nSPS) is 12.9. The summed E-state index contributed by atoms with van der Waals surface area (Å²) < 4.78 is 4.47. The summed E-state index contributed by atoms with van der Waals surface area (Å²) in [5.74, 6) is -0.717. The Labute approximate surface area is 84.9 Å². The van der Waals surface area contributed by atoms with Crippen LogP contribution in [-0.4, -0.2) is 17.1 Å². The Bertz CT molecular complexity index is 158. The van der Waals surface area contributed by atoms with E-state index in [-0.39, 0.29) is 0 Å². The minimum atomic E-state index is -3.35. The van der Waals surface area contributed by atoms with Gasteiger partial charge in [0.1, 0.15) is 4.87 Å². The second-order valence-corrected chi connectivity index (χ2v) is 10.9. The predicted molar refractivity (Wildman–Crippen MR) is 49.3 cm³/mol. The molecular weight excluding hydrogens is 250 g/mol. The van der Waals surface area contributed by atoms with Crippen molar-refractivity contribution in [1.29, 1.82) is 0 Å². The highest BCUT2D eigenvalue weighted by atomic mass is 35.8. The first kappa shape index (κ1) is 11.8. The third-order valence-corrected chi connectivity index (χ3v) is 1.96. The molecule has 0 saturated carbocycles. The Morgan fingerprint density at radius 1 is 1.36 bits per heavy atom. The van der Waals surface area contributed by atoms with E-state index in [4.69, 9.17) is 44.8 Å². The van der Waals surface area contributed by atoms with Gasteiger partial charge in [0.15, 0.2) is 0 Å². The number of hydrogen-bond acceptors (Lipinski definition) is 2. The van der Waals surface area contributed by atoms with Gasteiger partial charge in [-0.05, 0) is 13.8 Å². The van der Waals surface area contributed by atoms with E-state index in [9.17, 15) is 4.79 Å².